The summed E-state index contributed by atoms with van der Waals surface area (Å²) in [6, 6.07) is 5.11. The summed E-state index contributed by atoms with van der Waals surface area (Å²) in [5, 5.41) is 3.05. The number of amides is 1. The second-order valence-corrected chi connectivity index (χ2v) is 5.89. The molecule has 20 heavy (non-hydrogen) atoms. The third kappa shape index (κ3) is 2.52. The van der Waals surface area contributed by atoms with E-state index >= 15 is 0 Å². The molecule has 0 unspecified atom stereocenters. The van der Waals surface area contributed by atoms with Crippen LogP contribution in [0.2, 0.25) is 5.02 Å². The van der Waals surface area contributed by atoms with Crippen molar-refractivity contribution in [2.24, 2.45) is 0 Å². The summed E-state index contributed by atoms with van der Waals surface area (Å²) in [6.45, 7) is 0. The molecule has 0 radical (unpaired) electrons. The maximum absolute atomic E-state index is 11.8. The molecule has 0 saturated carbocycles. The standard InChI is InChI=1S/C12H12ClN3O2S2/c1-15-11(17)9-10(14)16(12(19)20-9)7-5-6(13)3-4-8(7)18-2/h3-5H,14H2,1-2H3,(H,15,17). The van der Waals surface area contributed by atoms with Crippen molar-refractivity contribution in [3.63, 3.8) is 0 Å². The number of nitrogens with zero attached hydrogens (tertiary/aromatic N) is 1. The minimum absolute atomic E-state index is 0.264. The number of thiazole rings is 1. The van der Waals surface area contributed by atoms with E-state index in [0.29, 0.717) is 25.3 Å². The number of anilines is 1. The molecule has 0 aliphatic carbocycles. The molecule has 0 aliphatic rings. The Morgan fingerprint density at radius 3 is 2.85 bits per heavy atom. The van der Waals surface area contributed by atoms with Gasteiger partial charge in [-0.2, -0.15) is 0 Å². The lowest BCUT2D eigenvalue weighted by atomic mass is 10.3. The van der Waals surface area contributed by atoms with Crippen molar-refractivity contribution in [1.82, 2.24) is 9.88 Å². The molecule has 5 nitrogen and oxygen atoms in total. The summed E-state index contributed by atoms with van der Waals surface area (Å²) < 4.78 is 7.31. The fraction of sp³-hybridized carbons (Fsp3) is 0.167. The zero-order valence-corrected chi connectivity index (χ0v) is 13.2. The average Bonchev–Trinajstić information content (AvgIpc) is 2.73. The van der Waals surface area contributed by atoms with Gasteiger partial charge in [-0.05, 0) is 30.4 Å². The van der Waals surface area contributed by atoms with Crippen LogP contribution in [0.4, 0.5) is 5.82 Å². The second-order valence-electron chi connectivity index (χ2n) is 3.81. The molecule has 1 amide bonds. The summed E-state index contributed by atoms with van der Waals surface area (Å²) in [5.74, 6) is 0.553. The zero-order valence-electron chi connectivity index (χ0n) is 10.8. The van der Waals surface area contributed by atoms with E-state index < -0.39 is 0 Å². The number of nitrogen functional groups attached to an aromatic ring is 1. The molecule has 2 rings (SSSR count). The van der Waals surface area contributed by atoms with Gasteiger partial charge in [0.1, 0.15) is 16.4 Å². The van der Waals surface area contributed by atoms with Crippen molar-refractivity contribution in [2.45, 2.75) is 0 Å². The van der Waals surface area contributed by atoms with Crippen LogP contribution in [-0.4, -0.2) is 24.6 Å². The van der Waals surface area contributed by atoms with Crippen LogP contribution in [0.25, 0.3) is 5.69 Å². The molecule has 3 N–H and O–H groups in total. The van der Waals surface area contributed by atoms with Crippen molar-refractivity contribution in [3.05, 3.63) is 32.1 Å². The molecule has 1 aromatic heterocycles. The summed E-state index contributed by atoms with van der Waals surface area (Å²) in [4.78, 5) is 12.1. The van der Waals surface area contributed by atoms with E-state index in [-0.39, 0.29) is 11.7 Å². The monoisotopic (exact) mass is 329 g/mol. The smallest absolute Gasteiger partial charge is 0.264 e. The highest BCUT2D eigenvalue weighted by atomic mass is 35.5. The number of carbonyl (C=O) groups is 1. The third-order valence-electron chi connectivity index (χ3n) is 2.66. The fourth-order valence-corrected chi connectivity index (χ4v) is 3.19. The Bertz CT molecular complexity index is 724. The number of benzene rings is 1. The highest BCUT2D eigenvalue weighted by Gasteiger charge is 2.19. The van der Waals surface area contributed by atoms with Crippen LogP contribution < -0.4 is 15.8 Å². The maximum Gasteiger partial charge on any atom is 0.264 e. The van der Waals surface area contributed by atoms with Crippen LogP contribution in [-0.2, 0) is 0 Å². The van der Waals surface area contributed by atoms with Crippen LogP contribution in [0, 0.1) is 3.95 Å². The van der Waals surface area contributed by atoms with Gasteiger partial charge in [-0.3, -0.25) is 9.36 Å². The van der Waals surface area contributed by atoms with Crippen LogP contribution >= 0.6 is 35.2 Å². The Kier molecular flexibility index (Phi) is 4.32. The maximum atomic E-state index is 11.8. The van der Waals surface area contributed by atoms with Crippen LogP contribution in [0.3, 0.4) is 0 Å². The van der Waals surface area contributed by atoms with E-state index in [9.17, 15) is 4.79 Å². The van der Waals surface area contributed by atoms with Gasteiger partial charge >= 0.3 is 0 Å². The third-order valence-corrected chi connectivity index (χ3v) is 4.28. The molecular weight excluding hydrogens is 318 g/mol. The van der Waals surface area contributed by atoms with Gasteiger partial charge in [0, 0.05) is 12.1 Å². The molecule has 1 aromatic carbocycles. The van der Waals surface area contributed by atoms with Crippen LogP contribution in [0.5, 0.6) is 5.75 Å². The highest BCUT2D eigenvalue weighted by molar-refractivity contribution is 7.73. The number of methoxy groups -OCH3 is 1. The van der Waals surface area contributed by atoms with Gasteiger partial charge in [-0.1, -0.05) is 22.9 Å². The van der Waals surface area contributed by atoms with E-state index in [0.717, 1.165) is 11.3 Å². The van der Waals surface area contributed by atoms with Gasteiger partial charge in [0.15, 0.2) is 3.95 Å². The molecular formula is C12H12ClN3O2S2. The van der Waals surface area contributed by atoms with Crippen molar-refractivity contribution in [2.75, 3.05) is 19.9 Å². The van der Waals surface area contributed by atoms with Crippen molar-refractivity contribution < 1.29 is 9.53 Å². The van der Waals surface area contributed by atoms with Gasteiger partial charge in [0.05, 0.1) is 12.8 Å². The van der Waals surface area contributed by atoms with E-state index in [1.165, 1.54) is 7.05 Å². The minimum Gasteiger partial charge on any atom is -0.495 e. The molecule has 1 heterocycles. The van der Waals surface area contributed by atoms with E-state index in [2.05, 4.69) is 5.32 Å². The van der Waals surface area contributed by atoms with E-state index in [1.54, 1.807) is 29.9 Å². The lowest BCUT2D eigenvalue weighted by molar-refractivity contribution is 0.0967. The summed E-state index contributed by atoms with van der Waals surface area (Å²) >= 11 is 12.4. The Morgan fingerprint density at radius 1 is 1.55 bits per heavy atom. The quantitative estimate of drug-likeness (QED) is 0.850. The van der Waals surface area contributed by atoms with Crippen LogP contribution in [0.1, 0.15) is 9.67 Å². The SMILES string of the molecule is CNC(=O)c1sc(=S)n(-c2cc(Cl)ccc2OC)c1N. The first kappa shape index (κ1) is 14.8. The summed E-state index contributed by atoms with van der Waals surface area (Å²) in [6.07, 6.45) is 0. The van der Waals surface area contributed by atoms with E-state index in [1.807, 2.05) is 0 Å². The molecule has 0 saturated heterocycles. The Hall–Kier alpha value is -1.57. The molecule has 0 fully saturated rings. The average molecular weight is 330 g/mol. The fourth-order valence-electron chi connectivity index (χ4n) is 1.73. The Labute approximate surface area is 129 Å². The zero-order chi connectivity index (χ0) is 14.9. The number of ether oxygens (including phenoxy) is 1. The van der Waals surface area contributed by atoms with Crippen LogP contribution in [0.15, 0.2) is 18.2 Å². The lowest BCUT2D eigenvalue weighted by Crippen LogP contribution is -2.18. The molecule has 106 valence electrons. The Morgan fingerprint density at radius 2 is 2.25 bits per heavy atom. The first-order chi connectivity index (χ1) is 9.49. The second kappa shape index (κ2) is 5.82. The topological polar surface area (TPSA) is 69.3 Å². The van der Waals surface area contributed by atoms with Gasteiger partial charge in [0.25, 0.3) is 5.91 Å². The first-order valence-electron chi connectivity index (χ1n) is 5.57. The summed E-state index contributed by atoms with van der Waals surface area (Å²) in [7, 11) is 3.08. The van der Waals surface area contributed by atoms with Gasteiger partial charge in [-0.15, -0.1) is 0 Å². The van der Waals surface area contributed by atoms with E-state index in [4.69, 9.17) is 34.3 Å². The molecule has 0 bridgehead atoms. The predicted octanol–water partition coefficient (Wildman–Crippen LogP) is 2.87. The van der Waals surface area contributed by atoms with Crippen molar-refractivity contribution in [1.29, 1.82) is 0 Å². The van der Waals surface area contributed by atoms with Gasteiger partial charge in [0.2, 0.25) is 0 Å². The number of nitrogens with two attached hydrogens (primary N) is 1. The number of aromatic nitrogens is 1. The molecule has 0 atom stereocenters. The first-order valence-corrected chi connectivity index (χ1v) is 7.17. The number of rotatable bonds is 3. The predicted molar refractivity (Wildman–Crippen MR) is 83.8 cm³/mol. The molecule has 8 heteroatoms. The highest BCUT2D eigenvalue weighted by Crippen LogP contribution is 2.32. The minimum atomic E-state index is -0.279. The van der Waals surface area contributed by atoms with Gasteiger partial charge < -0.3 is 15.8 Å². The number of nitrogens with one attached hydrogen (secondary N) is 1. The molecule has 0 spiro atoms. The Balaban J connectivity index is 2.71. The lowest BCUT2D eigenvalue weighted by Gasteiger charge is -2.11. The normalized spacial score (nSPS) is 10.3. The van der Waals surface area contributed by atoms with Crippen molar-refractivity contribution >= 4 is 46.9 Å². The number of hydrogen-bond donors (Lipinski definition) is 2. The van der Waals surface area contributed by atoms with Gasteiger partial charge in [-0.25, -0.2) is 0 Å². The van der Waals surface area contributed by atoms with Crippen molar-refractivity contribution in [3.8, 4) is 11.4 Å². The molecule has 0 aliphatic heterocycles. The number of carbonyl (C=O) groups excluding carboxylic acids is 1. The largest absolute Gasteiger partial charge is 0.495 e. The summed E-state index contributed by atoms with van der Waals surface area (Å²) in [5.41, 5.74) is 6.64. The number of hydrogen-bond acceptors (Lipinski definition) is 5. The number of halogens is 1. The molecule has 2 aromatic rings.